The Morgan fingerprint density at radius 2 is 0.348 bits per heavy atom. The second-order valence-electron chi connectivity index (χ2n) is 23.1. The third kappa shape index (κ3) is 15.3. The molecule has 30 aliphatic heterocycles. The smallest absolute Gasteiger partial charge is 0.394 e. The van der Waals surface area contributed by atoms with Gasteiger partial charge in [0.2, 0.25) is 0 Å². The number of phosphoric ester groups is 1. The van der Waals surface area contributed by atoms with Gasteiger partial charge in [-0.3, -0.25) is 4.52 Å². The SMILES string of the molecule is O=P(O)(O)OC[C@H]1O[C@@H]2O[C@H]3[C@H](O)[C@@H](O)[C@@H](O[C@H]4[C@H](O)[C@@H](O)[C@@H](O[C@H]5[C@H](O)[C@@H](O)[C@@H](O[C@H]6[C@H](O)[C@H](O)[C@@H](O[C@H]7[C@H](O)[C@@H](O)[C@@H](O[C@H]8[C@H](O)[C@@H](O)[C@@H](O[C@H]9[C@H](O)[C@@H](O)[C@@H](O[C@H]1[C@H](O)[C@H]2O)O[C@@H]9CO)O[C@@H]8CO)O[C@@H]7CO)O[C@@H]6CO)O[C@@H]5CO)O[C@@H]4CO)O[C@@H]3CO. The molecule has 30 saturated heterocycles. The fourth-order valence-corrected chi connectivity index (χ4v) is 12.4. The summed E-state index contributed by atoms with van der Waals surface area (Å²) in [7, 11) is -5.47. The van der Waals surface area contributed by atoms with E-state index in [2.05, 4.69) is 4.52 Å². The Morgan fingerprint density at radius 3 is 0.478 bits per heavy atom. The van der Waals surface area contributed by atoms with Crippen LogP contribution in [0.15, 0.2) is 0 Å². The van der Waals surface area contributed by atoms with Crippen molar-refractivity contribution in [1.82, 2.24) is 0 Å². The largest absolute Gasteiger partial charge is 0.469 e. The van der Waals surface area contributed by atoms with Crippen molar-refractivity contribution in [1.29, 1.82) is 0 Å². The van der Waals surface area contributed by atoms with Gasteiger partial charge in [0.1, 0.15) is 195 Å². The molecule has 536 valence electrons. The Kier molecular flexibility index (Phi) is 25.5. The van der Waals surface area contributed by atoms with Gasteiger partial charge in [0, 0.05) is 0 Å². The number of aliphatic hydroxyl groups excluding tert-OH is 23. The third-order valence-corrected chi connectivity index (χ3v) is 17.6. The summed E-state index contributed by atoms with van der Waals surface area (Å²) in [6.45, 7) is -9.15. The van der Waals surface area contributed by atoms with Crippen LogP contribution in [-0.2, 0) is 84.9 Å². The average Bonchev–Trinajstić information content (AvgIpc) is 0.784. The maximum absolute atomic E-state index is 12.0. The minimum atomic E-state index is -5.47. The number of ether oxygens (including phenoxy) is 16. The first kappa shape index (κ1) is 74.8. The van der Waals surface area contributed by atoms with Crippen LogP contribution < -0.4 is 0 Å². The molecule has 0 saturated carbocycles. The van der Waals surface area contributed by atoms with Gasteiger partial charge < -0.3 is 203 Å². The molecule has 0 amide bonds. The molecule has 0 spiro atoms. The minimum absolute atomic E-state index is 1.10. The lowest BCUT2D eigenvalue weighted by molar-refractivity contribution is -0.404. The summed E-state index contributed by atoms with van der Waals surface area (Å²) in [5.41, 5.74) is 0. The highest BCUT2D eigenvalue weighted by atomic mass is 31.2. The van der Waals surface area contributed by atoms with E-state index >= 15 is 0 Å². The van der Waals surface area contributed by atoms with Crippen LogP contribution in [0.4, 0.5) is 0 Å². The monoisotopic (exact) mass is 1380 g/mol. The summed E-state index contributed by atoms with van der Waals surface area (Å²) in [5, 5.41) is 255. The van der Waals surface area contributed by atoms with Crippen LogP contribution in [0.2, 0.25) is 0 Å². The normalized spacial score (nSPS) is 53.7. The van der Waals surface area contributed by atoms with Crippen molar-refractivity contribution in [3.63, 3.8) is 0 Å². The van der Waals surface area contributed by atoms with Gasteiger partial charge in [0.05, 0.1) is 52.9 Å². The van der Waals surface area contributed by atoms with Crippen molar-refractivity contribution in [3.05, 3.63) is 0 Å². The average molecular weight is 1380 g/mol. The van der Waals surface area contributed by atoms with E-state index in [1.807, 2.05) is 0 Å². The number of phosphoric acid groups is 1. The van der Waals surface area contributed by atoms with Crippen LogP contribution in [0.1, 0.15) is 0 Å². The first-order valence-corrected chi connectivity index (χ1v) is 30.4. The van der Waals surface area contributed by atoms with Crippen molar-refractivity contribution in [2.75, 3.05) is 52.9 Å². The molecule has 0 radical (unpaired) electrons. The van der Waals surface area contributed by atoms with Gasteiger partial charge in [-0.2, -0.15) is 0 Å². The van der Waals surface area contributed by atoms with Crippen LogP contribution >= 0.6 is 7.82 Å². The Hall–Kier alpha value is -1.45. The summed E-state index contributed by atoms with van der Waals surface area (Å²) < 4.78 is 108. The van der Waals surface area contributed by atoms with E-state index in [0.717, 1.165) is 0 Å². The van der Waals surface area contributed by atoms with Crippen molar-refractivity contribution in [2.45, 2.75) is 246 Å². The molecule has 43 nitrogen and oxygen atoms in total. The molecule has 0 aromatic rings. The van der Waals surface area contributed by atoms with Crippen LogP contribution in [0.25, 0.3) is 0 Å². The molecule has 0 aromatic carbocycles. The first-order chi connectivity index (χ1) is 43.5. The molecule has 40 atom stereocenters. The topological polar surface area (TPSA) is 680 Å². The molecule has 30 rings (SSSR count). The molecule has 30 fully saturated rings. The lowest BCUT2D eigenvalue weighted by atomic mass is 9.94. The Bertz CT molecular complexity index is 2320. The van der Waals surface area contributed by atoms with E-state index in [-0.39, 0.29) is 0 Å². The van der Waals surface area contributed by atoms with E-state index < -0.39 is 306 Å². The van der Waals surface area contributed by atoms with Gasteiger partial charge in [-0.15, -0.1) is 0 Å². The number of aliphatic hydroxyl groups is 23. The standard InChI is InChI=1S/C48H81O43P/c49-1-9-33-17(56)25(64)41(76-9)85-34-10(2-50)78-43(27(66)19(34)58)87-36-12(4-52)80-45(29(68)21(36)60)89-38-14(6-54)82-47(31(70)23(38)62)91-40-16(8-75-92(72,73)74)83-48(32(71)24(40)63)90-39-15(7-55)81-46(30(69)22(39)61)88-37-13(5-53)79-44(28(67)20(37)59)86-35-11(3-51)77-42(84-33)26(65)18(35)57/h9-71H,1-8H2,(H2,72,73,74)/t9-,10-,11-,12-,13-,14-,15-,16-,17-,18-,19-,20-,21-,22-,23-,24-,25+,26-,27-,28-,29-,30-,31-,32-,33-,34-,35-,36-,37-,38-,39-,40-,41-,42-,43-,44-,45-,46-,47-,48-/m1/s1. The van der Waals surface area contributed by atoms with Crippen molar-refractivity contribution < 1.29 is 212 Å². The molecule has 0 aromatic heterocycles. The van der Waals surface area contributed by atoms with Crippen LogP contribution in [-0.4, -0.2) is 426 Å². The van der Waals surface area contributed by atoms with Crippen LogP contribution in [0.3, 0.4) is 0 Å². The zero-order chi connectivity index (χ0) is 67.3. The Labute approximate surface area is 517 Å². The summed E-state index contributed by atoms with van der Waals surface area (Å²) in [6, 6.07) is 0. The fourth-order valence-electron chi connectivity index (χ4n) is 12.1. The summed E-state index contributed by atoms with van der Waals surface area (Å²) in [6.07, 6.45) is -85.0. The number of rotatable bonds is 10. The molecule has 92 heavy (non-hydrogen) atoms. The number of hydrogen-bond donors (Lipinski definition) is 25. The van der Waals surface area contributed by atoms with E-state index in [1.165, 1.54) is 0 Å². The lowest BCUT2D eigenvalue weighted by Gasteiger charge is -2.50. The van der Waals surface area contributed by atoms with Crippen molar-refractivity contribution in [2.24, 2.45) is 0 Å². The minimum Gasteiger partial charge on any atom is -0.394 e. The Balaban J connectivity index is 0.993. The van der Waals surface area contributed by atoms with Gasteiger partial charge in [-0.05, 0) is 0 Å². The maximum Gasteiger partial charge on any atom is 0.469 e. The molecule has 30 aliphatic rings. The second kappa shape index (κ2) is 31.4. The lowest BCUT2D eigenvalue weighted by Crippen LogP contribution is -2.69. The molecule has 0 aliphatic carbocycles. The zero-order valence-electron chi connectivity index (χ0n) is 47.7. The quantitative estimate of drug-likeness (QED) is 0.0903. The van der Waals surface area contributed by atoms with E-state index in [1.54, 1.807) is 0 Å². The highest BCUT2D eigenvalue weighted by molar-refractivity contribution is 7.46. The summed E-state index contributed by atoms with van der Waals surface area (Å²) in [5.74, 6) is 0. The first-order valence-electron chi connectivity index (χ1n) is 28.9. The molecule has 25 N–H and O–H groups in total. The molecule has 44 heteroatoms. The molecule has 30 heterocycles. The molecule has 16 bridgehead atoms. The summed E-state index contributed by atoms with van der Waals surface area (Å²) in [4.78, 5) is 19.2. The van der Waals surface area contributed by atoms with Crippen molar-refractivity contribution >= 4 is 7.82 Å². The van der Waals surface area contributed by atoms with E-state index in [9.17, 15) is 132 Å². The van der Waals surface area contributed by atoms with Crippen LogP contribution in [0.5, 0.6) is 0 Å². The van der Waals surface area contributed by atoms with E-state index in [0.29, 0.717) is 0 Å². The highest BCUT2D eigenvalue weighted by Gasteiger charge is 2.60. The third-order valence-electron chi connectivity index (χ3n) is 17.1. The maximum atomic E-state index is 12.0. The highest BCUT2D eigenvalue weighted by Crippen LogP contribution is 2.42. The second-order valence-corrected chi connectivity index (χ2v) is 24.3. The zero-order valence-corrected chi connectivity index (χ0v) is 48.6. The van der Waals surface area contributed by atoms with Gasteiger partial charge in [0.25, 0.3) is 0 Å². The van der Waals surface area contributed by atoms with Gasteiger partial charge in [0.15, 0.2) is 50.3 Å². The summed E-state index contributed by atoms with van der Waals surface area (Å²) >= 11 is 0. The van der Waals surface area contributed by atoms with Gasteiger partial charge in [-0.25, -0.2) is 4.57 Å². The molecular formula is C48H81O43P. The fraction of sp³-hybridized carbons (Fsp3) is 1.00. The Morgan fingerprint density at radius 1 is 0.217 bits per heavy atom. The molecule has 0 unspecified atom stereocenters. The number of hydrogen-bond acceptors (Lipinski definition) is 41. The van der Waals surface area contributed by atoms with Gasteiger partial charge >= 0.3 is 7.82 Å². The molecular weight excluding hydrogens is 1300 g/mol. The van der Waals surface area contributed by atoms with E-state index in [4.69, 9.17) is 75.8 Å². The predicted octanol–water partition coefficient (Wildman–Crippen LogP) is -17.3. The predicted molar refractivity (Wildman–Crippen MR) is 272 cm³/mol. The van der Waals surface area contributed by atoms with Gasteiger partial charge in [-0.1, -0.05) is 0 Å². The van der Waals surface area contributed by atoms with Crippen molar-refractivity contribution in [3.8, 4) is 0 Å². The van der Waals surface area contributed by atoms with Crippen LogP contribution in [0, 0.1) is 0 Å².